The van der Waals surface area contributed by atoms with Crippen LogP contribution in [0.2, 0.25) is 0 Å². The minimum Gasteiger partial charge on any atom is -0.496 e. The smallest absolute Gasteiger partial charge is 0.345 e. The Bertz CT molecular complexity index is 806. The Morgan fingerprint density at radius 2 is 2.10 bits per heavy atom. The minimum atomic E-state index is -0.521. The molecule has 1 saturated heterocycles. The quantitative estimate of drug-likeness (QED) is 0.398. The Balaban J connectivity index is 2.18. The highest BCUT2D eigenvalue weighted by molar-refractivity contribution is 5.97. The number of carbonyl (C=O) groups excluding carboxylic acids is 2. The Kier molecular flexibility index (Phi) is 8.83. The Labute approximate surface area is 178 Å². The van der Waals surface area contributed by atoms with Crippen LogP contribution < -0.4 is 10.1 Å². The van der Waals surface area contributed by atoms with E-state index in [1.165, 1.54) is 14.2 Å². The number of piperidine rings is 1. The number of nitrogens with one attached hydrogen (secondary N) is 1. The lowest BCUT2D eigenvalue weighted by molar-refractivity contribution is -0.130. The molecule has 8 heteroatoms. The van der Waals surface area contributed by atoms with Gasteiger partial charge in [0.05, 0.1) is 14.2 Å². The second-order valence-corrected chi connectivity index (χ2v) is 7.18. The predicted molar refractivity (Wildman–Crippen MR) is 117 cm³/mol. The molecule has 1 aromatic heterocycles. The summed E-state index contributed by atoms with van der Waals surface area (Å²) < 4.78 is 10.2. The van der Waals surface area contributed by atoms with E-state index < -0.39 is 5.97 Å². The van der Waals surface area contributed by atoms with Gasteiger partial charge in [0.25, 0.3) is 0 Å². The lowest BCUT2D eigenvalue weighted by Crippen LogP contribution is -2.50. The van der Waals surface area contributed by atoms with Gasteiger partial charge in [-0.05, 0) is 52.3 Å². The van der Waals surface area contributed by atoms with E-state index >= 15 is 0 Å². The van der Waals surface area contributed by atoms with Gasteiger partial charge in [-0.3, -0.25) is 9.79 Å². The second-order valence-electron chi connectivity index (χ2n) is 7.18. The van der Waals surface area contributed by atoms with Crippen LogP contribution in [-0.2, 0) is 9.53 Å². The van der Waals surface area contributed by atoms with E-state index in [9.17, 15) is 9.59 Å². The van der Waals surface area contributed by atoms with Crippen molar-refractivity contribution in [2.24, 2.45) is 4.99 Å². The number of aromatic nitrogens is 1. The number of nitrogens with zero attached hydrogens (tertiary/aromatic N) is 3. The van der Waals surface area contributed by atoms with Gasteiger partial charge < -0.3 is 19.7 Å². The molecule has 1 N–H and O–H groups in total. The number of amides is 1. The van der Waals surface area contributed by atoms with E-state index in [1.54, 1.807) is 18.5 Å². The van der Waals surface area contributed by atoms with Gasteiger partial charge in [0.2, 0.25) is 5.91 Å². The molecule has 8 nitrogen and oxygen atoms in total. The van der Waals surface area contributed by atoms with Crippen LogP contribution in [0.1, 0.15) is 50.4 Å². The molecule has 0 aliphatic carbocycles. The number of rotatable bonds is 8. The molecule has 1 fully saturated rings. The Morgan fingerprint density at radius 3 is 2.73 bits per heavy atom. The molecule has 0 spiro atoms. The number of hydrogen-bond acceptors (Lipinski definition) is 7. The van der Waals surface area contributed by atoms with Gasteiger partial charge in [-0.2, -0.15) is 0 Å². The topological polar surface area (TPSA) is 93.1 Å². The first-order chi connectivity index (χ1) is 14.5. The van der Waals surface area contributed by atoms with Crippen molar-refractivity contribution in [1.29, 1.82) is 0 Å². The number of ether oxygens (including phenoxy) is 2. The third kappa shape index (κ3) is 5.58. The normalized spacial score (nSPS) is 19.6. The second kappa shape index (κ2) is 11.3. The SMILES string of the molecule is CC=NCCC(=CC)C(=O)N1CC(Nc2nccc(OC)c2C(=O)OC)CCC1C. The number of pyridine rings is 1. The molecule has 1 amide bonds. The Morgan fingerprint density at radius 1 is 1.33 bits per heavy atom. The molecule has 2 atom stereocenters. The van der Waals surface area contributed by atoms with Crippen LogP contribution in [-0.4, -0.2) is 67.4 Å². The van der Waals surface area contributed by atoms with Gasteiger partial charge in [0.1, 0.15) is 17.1 Å². The molecular weight excluding hydrogens is 384 g/mol. The molecule has 164 valence electrons. The summed E-state index contributed by atoms with van der Waals surface area (Å²) in [6.07, 6.45) is 7.53. The van der Waals surface area contributed by atoms with Crippen molar-refractivity contribution in [2.75, 3.05) is 32.6 Å². The molecule has 2 rings (SSSR count). The van der Waals surface area contributed by atoms with Crippen LogP contribution in [0.4, 0.5) is 5.82 Å². The number of allylic oxidation sites excluding steroid dienone is 1. The standard InChI is InChI=1S/C22H32N4O4/c1-6-16(10-12-23-7-2)21(27)26-14-17(9-8-15(26)3)25-20-19(22(28)30-5)18(29-4)11-13-24-20/h6-7,11,13,15,17H,8-10,12,14H2,1-5H3,(H,24,25). The fraction of sp³-hybridized carbons (Fsp3) is 0.545. The summed E-state index contributed by atoms with van der Waals surface area (Å²) in [5, 5.41) is 3.33. The maximum atomic E-state index is 13.1. The molecule has 0 saturated carbocycles. The first-order valence-electron chi connectivity index (χ1n) is 10.2. The van der Waals surface area contributed by atoms with E-state index in [4.69, 9.17) is 9.47 Å². The summed E-state index contributed by atoms with van der Waals surface area (Å²) >= 11 is 0. The zero-order valence-electron chi connectivity index (χ0n) is 18.5. The summed E-state index contributed by atoms with van der Waals surface area (Å²) in [5.41, 5.74) is 1.02. The number of likely N-dealkylation sites (tertiary alicyclic amines) is 1. The van der Waals surface area contributed by atoms with Crippen LogP contribution >= 0.6 is 0 Å². The van der Waals surface area contributed by atoms with E-state index in [2.05, 4.69) is 22.2 Å². The highest BCUT2D eigenvalue weighted by Gasteiger charge is 2.31. The fourth-order valence-electron chi connectivity index (χ4n) is 3.60. The maximum Gasteiger partial charge on any atom is 0.345 e. The van der Waals surface area contributed by atoms with Gasteiger partial charge in [-0.1, -0.05) is 6.08 Å². The fourth-order valence-corrected chi connectivity index (χ4v) is 3.60. The van der Waals surface area contributed by atoms with Crippen LogP contribution in [0.15, 0.2) is 28.9 Å². The molecule has 0 aromatic carbocycles. The third-order valence-corrected chi connectivity index (χ3v) is 5.32. The van der Waals surface area contributed by atoms with Crippen molar-refractivity contribution in [3.63, 3.8) is 0 Å². The van der Waals surface area contributed by atoms with Gasteiger partial charge in [0, 0.05) is 36.9 Å². The largest absolute Gasteiger partial charge is 0.496 e. The number of carbonyl (C=O) groups is 2. The van der Waals surface area contributed by atoms with Crippen molar-refractivity contribution in [2.45, 2.75) is 52.1 Å². The van der Waals surface area contributed by atoms with E-state index in [0.717, 1.165) is 18.4 Å². The van der Waals surface area contributed by atoms with E-state index in [-0.39, 0.29) is 23.6 Å². The van der Waals surface area contributed by atoms with Gasteiger partial charge in [-0.15, -0.1) is 0 Å². The summed E-state index contributed by atoms with van der Waals surface area (Å²) in [6.45, 7) is 6.94. The monoisotopic (exact) mass is 416 g/mol. The van der Waals surface area contributed by atoms with Crippen LogP contribution in [0, 0.1) is 0 Å². The highest BCUT2D eigenvalue weighted by atomic mass is 16.5. The summed E-state index contributed by atoms with van der Waals surface area (Å²) in [5.74, 6) is 0.308. The Hall–Kier alpha value is -2.90. The van der Waals surface area contributed by atoms with Crippen molar-refractivity contribution in [1.82, 2.24) is 9.88 Å². The first-order valence-corrected chi connectivity index (χ1v) is 10.2. The lowest BCUT2D eigenvalue weighted by Gasteiger charge is -2.39. The number of methoxy groups -OCH3 is 2. The molecule has 0 bridgehead atoms. The van der Waals surface area contributed by atoms with Crippen molar-refractivity contribution in [3.05, 3.63) is 29.5 Å². The zero-order valence-corrected chi connectivity index (χ0v) is 18.5. The molecule has 0 radical (unpaired) electrons. The van der Waals surface area contributed by atoms with Crippen molar-refractivity contribution < 1.29 is 19.1 Å². The molecule has 1 aliphatic rings. The molecule has 1 aliphatic heterocycles. The third-order valence-electron chi connectivity index (χ3n) is 5.32. The molecule has 1 aromatic rings. The van der Waals surface area contributed by atoms with Crippen molar-refractivity contribution in [3.8, 4) is 5.75 Å². The minimum absolute atomic E-state index is 0.0367. The van der Waals surface area contributed by atoms with Gasteiger partial charge >= 0.3 is 5.97 Å². The first kappa shape index (κ1) is 23.4. The molecular formula is C22H32N4O4. The van der Waals surface area contributed by atoms with Crippen LogP contribution in [0.3, 0.4) is 0 Å². The van der Waals surface area contributed by atoms with Crippen molar-refractivity contribution >= 4 is 23.9 Å². The number of aliphatic imine (C=N–C) groups is 1. The van der Waals surface area contributed by atoms with Gasteiger partial charge in [0.15, 0.2) is 0 Å². The average molecular weight is 417 g/mol. The number of esters is 1. The van der Waals surface area contributed by atoms with E-state index in [1.807, 2.05) is 24.8 Å². The van der Waals surface area contributed by atoms with Crippen LogP contribution in [0.25, 0.3) is 0 Å². The summed E-state index contributed by atoms with van der Waals surface area (Å²) in [4.78, 5) is 35.8. The molecule has 30 heavy (non-hydrogen) atoms. The zero-order chi connectivity index (χ0) is 22.1. The highest BCUT2D eigenvalue weighted by Crippen LogP contribution is 2.28. The summed E-state index contributed by atoms with van der Waals surface area (Å²) in [6, 6.07) is 1.71. The predicted octanol–water partition coefficient (Wildman–Crippen LogP) is 3.10. The number of hydrogen-bond donors (Lipinski definition) is 1. The summed E-state index contributed by atoms with van der Waals surface area (Å²) in [7, 11) is 2.82. The van der Waals surface area contributed by atoms with Gasteiger partial charge in [-0.25, -0.2) is 9.78 Å². The maximum absolute atomic E-state index is 13.1. The molecule has 2 heterocycles. The lowest BCUT2D eigenvalue weighted by atomic mass is 9.97. The van der Waals surface area contributed by atoms with Crippen LogP contribution in [0.5, 0.6) is 5.75 Å². The van der Waals surface area contributed by atoms with E-state index in [0.29, 0.717) is 31.1 Å². The molecule has 2 unspecified atom stereocenters. The number of anilines is 1. The average Bonchev–Trinajstić information content (AvgIpc) is 2.77.